The standard InChI is InChI=1S/C19H17N3O5S/c1-11-4-6-13(7-5-11)18-21-20-17(27-18)12(2)26-19(23)14-8-9-16(28-3)15(10-14)22(24)25/h4-10,12H,1-3H3/t12-/m0/s1. The summed E-state index contributed by atoms with van der Waals surface area (Å²) in [5.41, 5.74) is 1.79. The van der Waals surface area contributed by atoms with Crippen LogP contribution in [0, 0.1) is 17.0 Å². The topological polar surface area (TPSA) is 108 Å². The molecule has 1 heterocycles. The van der Waals surface area contributed by atoms with Crippen LogP contribution in [0.1, 0.15) is 34.8 Å². The zero-order valence-electron chi connectivity index (χ0n) is 15.4. The van der Waals surface area contributed by atoms with E-state index in [1.54, 1.807) is 13.2 Å². The molecular formula is C19H17N3O5S. The minimum atomic E-state index is -0.807. The first kappa shape index (κ1) is 19.6. The van der Waals surface area contributed by atoms with Gasteiger partial charge in [0.15, 0.2) is 6.10 Å². The Morgan fingerprint density at radius 1 is 1.21 bits per heavy atom. The third kappa shape index (κ3) is 4.20. The van der Waals surface area contributed by atoms with Crippen molar-refractivity contribution in [3.63, 3.8) is 0 Å². The molecule has 0 aliphatic heterocycles. The van der Waals surface area contributed by atoms with Gasteiger partial charge in [-0.15, -0.1) is 22.0 Å². The summed E-state index contributed by atoms with van der Waals surface area (Å²) in [7, 11) is 0. The van der Waals surface area contributed by atoms with E-state index in [-0.39, 0.29) is 17.1 Å². The van der Waals surface area contributed by atoms with Crippen molar-refractivity contribution in [1.29, 1.82) is 0 Å². The number of carbonyl (C=O) groups is 1. The number of carbonyl (C=O) groups excluding carboxylic acids is 1. The van der Waals surface area contributed by atoms with Crippen molar-refractivity contribution in [2.45, 2.75) is 24.8 Å². The first-order chi connectivity index (χ1) is 13.4. The molecule has 0 radical (unpaired) electrons. The monoisotopic (exact) mass is 399 g/mol. The van der Waals surface area contributed by atoms with Crippen LogP contribution in [0.4, 0.5) is 5.69 Å². The molecule has 0 N–H and O–H groups in total. The van der Waals surface area contributed by atoms with Gasteiger partial charge in [0.25, 0.3) is 11.6 Å². The number of esters is 1. The minimum absolute atomic E-state index is 0.0784. The summed E-state index contributed by atoms with van der Waals surface area (Å²) in [6, 6.07) is 11.8. The Labute approximate surface area is 165 Å². The summed E-state index contributed by atoms with van der Waals surface area (Å²) in [6.45, 7) is 3.57. The highest BCUT2D eigenvalue weighted by atomic mass is 32.2. The Morgan fingerprint density at radius 3 is 2.57 bits per heavy atom. The highest BCUT2D eigenvalue weighted by Crippen LogP contribution is 2.29. The number of thioether (sulfide) groups is 1. The number of hydrogen-bond acceptors (Lipinski definition) is 8. The summed E-state index contributed by atoms with van der Waals surface area (Å²) < 4.78 is 10.9. The molecule has 3 rings (SSSR count). The Kier molecular flexibility index (Phi) is 5.74. The highest BCUT2D eigenvalue weighted by Gasteiger charge is 2.22. The number of ether oxygens (including phenoxy) is 1. The van der Waals surface area contributed by atoms with Gasteiger partial charge < -0.3 is 9.15 Å². The largest absolute Gasteiger partial charge is 0.449 e. The summed E-state index contributed by atoms with van der Waals surface area (Å²) in [6.07, 6.45) is 0.919. The molecule has 0 saturated heterocycles. The zero-order valence-corrected chi connectivity index (χ0v) is 16.2. The summed E-state index contributed by atoms with van der Waals surface area (Å²) in [4.78, 5) is 23.5. The van der Waals surface area contributed by atoms with E-state index in [9.17, 15) is 14.9 Å². The smallest absolute Gasteiger partial charge is 0.339 e. The van der Waals surface area contributed by atoms with Crippen LogP contribution in [0.3, 0.4) is 0 Å². The second-order valence-electron chi connectivity index (χ2n) is 6.00. The average Bonchev–Trinajstić information content (AvgIpc) is 3.18. The Morgan fingerprint density at radius 2 is 1.93 bits per heavy atom. The average molecular weight is 399 g/mol. The van der Waals surface area contributed by atoms with Gasteiger partial charge in [-0.1, -0.05) is 17.7 Å². The molecule has 2 aromatic carbocycles. The molecule has 8 nitrogen and oxygen atoms in total. The minimum Gasteiger partial charge on any atom is -0.449 e. The van der Waals surface area contributed by atoms with Gasteiger partial charge in [-0.3, -0.25) is 10.1 Å². The number of nitrogens with zero attached hydrogens (tertiary/aromatic N) is 3. The van der Waals surface area contributed by atoms with Gasteiger partial charge in [-0.2, -0.15) is 0 Å². The second kappa shape index (κ2) is 8.22. The van der Waals surface area contributed by atoms with Crippen LogP contribution in [0.5, 0.6) is 0 Å². The van der Waals surface area contributed by atoms with Gasteiger partial charge in [0.1, 0.15) is 0 Å². The van der Waals surface area contributed by atoms with Crippen LogP contribution >= 0.6 is 11.8 Å². The van der Waals surface area contributed by atoms with Crippen molar-refractivity contribution in [3.8, 4) is 11.5 Å². The van der Waals surface area contributed by atoms with Crippen LogP contribution in [-0.2, 0) is 4.74 Å². The van der Waals surface area contributed by atoms with E-state index in [2.05, 4.69) is 10.2 Å². The van der Waals surface area contributed by atoms with Gasteiger partial charge in [-0.05, 0) is 44.4 Å². The predicted molar refractivity (Wildman–Crippen MR) is 103 cm³/mol. The molecule has 0 bridgehead atoms. The predicted octanol–water partition coefficient (Wildman–Crippen LogP) is 4.59. The fourth-order valence-corrected chi connectivity index (χ4v) is 3.00. The van der Waals surface area contributed by atoms with Crippen molar-refractivity contribution >= 4 is 23.4 Å². The lowest BCUT2D eigenvalue weighted by Gasteiger charge is -2.10. The van der Waals surface area contributed by atoms with E-state index in [4.69, 9.17) is 9.15 Å². The molecule has 0 unspecified atom stereocenters. The van der Waals surface area contributed by atoms with E-state index in [0.717, 1.165) is 11.1 Å². The molecule has 0 spiro atoms. The Balaban J connectivity index is 1.75. The van der Waals surface area contributed by atoms with Gasteiger partial charge in [0.05, 0.1) is 15.4 Å². The van der Waals surface area contributed by atoms with Crippen molar-refractivity contribution in [1.82, 2.24) is 10.2 Å². The first-order valence-electron chi connectivity index (χ1n) is 8.33. The molecule has 9 heteroatoms. The van der Waals surface area contributed by atoms with E-state index in [1.165, 1.54) is 30.0 Å². The molecule has 0 aliphatic carbocycles. The molecule has 0 saturated carbocycles. The lowest BCUT2D eigenvalue weighted by atomic mass is 10.1. The van der Waals surface area contributed by atoms with Crippen LogP contribution in [0.2, 0.25) is 0 Å². The van der Waals surface area contributed by atoms with Crippen LogP contribution in [-0.4, -0.2) is 27.3 Å². The van der Waals surface area contributed by atoms with Crippen molar-refractivity contribution in [3.05, 3.63) is 69.6 Å². The fraction of sp³-hybridized carbons (Fsp3) is 0.211. The number of aryl methyl sites for hydroxylation is 1. The van der Waals surface area contributed by atoms with E-state index >= 15 is 0 Å². The van der Waals surface area contributed by atoms with Crippen LogP contribution in [0.25, 0.3) is 11.5 Å². The zero-order chi connectivity index (χ0) is 20.3. The SMILES string of the molecule is CSc1ccc(C(=O)O[C@@H](C)c2nnc(-c3ccc(C)cc3)o2)cc1[N+](=O)[O-]. The number of aromatic nitrogens is 2. The van der Waals surface area contributed by atoms with Crippen molar-refractivity contribution < 1.29 is 18.9 Å². The first-order valence-corrected chi connectivity index (χ1v) is 9.55. The maximum Gasteiger partial charge on any atom is 0.339 e. The number of hydrogen-bond donors (Lipinski definition) is 0. The normalized spacial score (nSPS) is 11.8. The van der Waals surface area contributed by atoms with Crippen LogP contribution < -0.4 is 0 Å². The second-order valence-corrected chi connectivity index (χ2v) is 6.85. The molecule has 0 amide bonds. The molecule has 144 valence electrons. The maximum atomic E-state index is 12.4. The molecule has 0 aliphatic rings. The van der Waals surface area contributed by atoms with Crippen molar-refractivity contribution in [2.24, 2.45) is 0 Å². The summed E-state index contributed by atoms with van der Waals surface area (Å²) >= 11 is 1.23. The van der Waals surface area contributed by atoms with Crippen molar-refractivity contribution in [2.75, 3.05) is 6.26 Å². The highest BCUT2D eigenvalue weighted by molar-refractivity contribution is 7.98. The van der Waals surface area contributed by atoms with E-state index < -0.39 is 17.0 Å². The molecular weight excluding hydrogens is 382 g/mol. The Bertz CT molecular complexity index is 1020. The number of benzene rings is 2. The number of nitro groups is 1. The van der Waals surface area contributed by atoms with Gasteiger partial charge in [0.2, 0.25) is 5.89 Å². The Hall–Kier alpha value is -3.20. The molecule has 1 atom stereocenters. The quantitative estimate of drug-likeness (QED) is 0.256. The molecule has 1 aromatic heterocycles. The van der Waals surface area contributed by atoms with E-state index in [1.807, 2.05) is 31.2 Å². The summed E-state index contributed by atoms with van der Waals surface area (Å²) in [5.74, 6) is -0.254. The number of nitro benzene ring substituents is 1. The van der Waals surface area contributed by atoms with Gasteiger partial charge in [0, 0.05) is 11.6 Å². The molecule has 3 aromatic rings. The summed E-state index contributed by atoms with van der Waals surface area (Å²) in [5, 5.41) is 19.1. The van der Waals surface area contributed by atoms with Gasteiger partial charge >= 0.3 is 5.97 Å². The third-order valence-electron chi connectivity index (χ3n) is 3.98. The lowest BCUT2D eigenvalue weighted by Crippen LogP contribution is -2.10. The van der Waals surface area contributed by atoms with Crippen LogP contribution in [0.15, 0.2) is 51.8 Å². The third-order valence-corrected chi connectivity index (χ3v) is 4.77. The van der Waals surface area contributed by atoms with E-state index in [0.29, 0.717) is 10.8 Å². The maximum absolute atomic E-state index is 12.4. The molecule has 0 fully saturated rings. The lowest BCUT2D eigenvalue weighted by molar-refractivity contribution is -0.387. The van der Waals surface area contributed by atoms with Gasteiger partial charge in [-0.25, -0.2) is 4.79 Å². The fourth-order valence-electron chi connectivity index (χ4n) is 2.45. The number of rotatable bonds is 6. The molecule has 28 heavy (non-hydrogen) atoms.